The van der Waals surface area contributed by atoms with Crippen LogP contribution >= 0.6 is 0 Å². The summed E-state index contributed by atoms with van der Waals surface area (Å²) in [5, 5.41) is 3.07. The van der Waals surface area contributed by atoms with Crippen molar-refractivity contribution in [2.75, 3.05) is 26.7 Å². The molecule has 0 spiro atoms. The highest BCUT2D eigenvalue weighted by Crippen LogP contribution is 2.07. The molecule has 1 aliphatic rings. The number of nitrogens with one attached hydrogen (secondary N) is 1. The van der Waals surface area contributed by atoms with E-state index in [2.05, 4.69) is 5.32 Å². The average molecular weight is 292 g/mol. The minimum absolute atomic E-state index is 0.229. The Labute approximate surface area is 124 Å². The van der Waals surface area contributed by atoms with Crippen molar-refractivity contribution in [2.24, 2.45) is 0 Å². The number of carbonyl (C=O) groups excluding carboxylic acids is 2. The Kier molecular flexibility index (Phi) is 5.57. The molecule has 1 fully saturated rings. The van der Waals surface area contributed by atoms with Gasteiger partial charge in [0.1, 0.15) is 12.6 Å². The number of ether oxygens (including phenoxy) is 2. The van der Waals surface area contributed by atoms with E-state index in [0.717, 1.165) is 12.0 Å². The van der Waals surface area contributed by atoms with Gasteiger partial charge in [0.15, 0.2) is 0 Å². The van der Waals surface area contributed by atoms with Crippen LogP contribution < -0.4 is 5.32 Å². The van der Waals surface area contributed by atoms with E-state index in [4.69, 9.17) is 9.47 Å². The van der Waals surface area contributed by atoms with Gasteiger partial charge >= 0.3 is 12.1 Å². The second-order valence-electron chi connectivity index (χ2n) is 4.87. The molecule has 1 atom stereocenters. The molecule has 6 heteroatoms. The minimum atomic E-state index is -0.498. The Bertz CT molecular complexity index is 478. The lowest BCUT2D eigenvalue weighted by molar-refractivity contribution is -0.143. The van der Waals surface area contributed by atoms with Crippen LogP contribution in [0.2, 0.25) is 0 Å². The first kappa shape index (κ1) is 15.3. The maximum atomic E-state index is 12.1. The second-order valence-corrected chi connectivity index (χ2v) is 4.87. The van der Waals surface area contributed by atoms with Crippen LogP contribution in [0.4, 0.5) is 4.79 Å². The lowest BCUT2D eigenvalue weighted by Gasteiger charge is -2.22. The van der Waals surface area contributed by atoms with Gasteiger partial charge in [-0.25, -0.2) is 4.79 Å². The van der Waals surface area contributed by atoms with Crippen molar-refractivity contribution in [1.29, 1.82) is 0 Å². The van der Waals surface area contributed by atoms with Gasteiger partial charge in [-0.1, -0.05) is 30.3 Å². The van der Waals surface area contributed by atoms with E-state index in [1.807, 2.05) is 30.3 Å². The molecule has 6 nitrogen and oxygen atoms in total. The molecule has 2 rings (SSSR count). The van der Waals surface area contributed by atoms with Crippen molar-refractivity contribution in [3.63, 3.8) is 0 Å². The van der Waals surface area contributed by atoms with Crippen molar-refractivity contribution in [3.8, 4) is 0 Å². The fourth-order valence-electron chi connectivity index (χ4n) is 2.20. The number of esters is 1. The molecule has 0 aliphatic carbocycles. The predicted molar refractivity (Wildman–Crippen MR) is 76.6 cm³/mol. The van der Waals surface area contributed by atoms with Gasteiger partial charge in [-0.3, -0.25) is 4.79 Å². The van der Waals surface area contributed by atoms with E-state index < -0.39 is 12.1 Å². The van der Waals surface area contributed by atoms with Gasteiger partial charge in [-0.15, -0.1) is 0 Å². The van der Waals surface area contributed by atoms with Crippen LogP contribution in [0.3, 0.4) is 0 Å². The molecule has 1 aliphatic heterocycles. The molecule has 1 saturated heterocycles. The zero-order valence-electron chi connectivity index (χ0n) is 12.1. The van der Waals surface area contributed by atoms with Gasteiger partial charge in [0.05, 0.1) is 13.7 Å². The number of benzene rings is 1. The molecule has 0 bridgehead atoms. The van der Waals surface area contributed by atoms with Crippen LogP contribution in [0, 0.1) is 0 Å². The van der Waals surface area contributed by atoms with Crippen molar-refractivity contribution in [3.05, 3.63) is 35.9 Å². The maximum absolute atomic E-state index is 12.1. The van der Waals surface area contributed by atoms with Gasteiger partial charge in [0.25, 0.3) is 0 Å². The Morgan fingerprint density at radius 3 is 2.81 bits per heavy atom. The molecule has 1 amide bonds. The van der Waals surface area contributed by atoms with E-state index in [-0.39, 0.29) is 19.1 Å². The molecule has 0 saturated carbocycles. The first-order valence-electron chi connectivity index (χ1n) is 6.97. The molecule has 1 heterocycles. The summed E-state index contributed by atoms with van der Waals surface area (Å²) < 4.78 is 10.0. The lowest BCUT2D eigenvalue weighted by atomic mass is 10.2. The quantitative estimate of drug-likeness (QED) is 0.847. The van der Waals surface area contributed by atoms with E-state index in [0.29, 0.717) is 13.1 Å². The summed E-state index contributed by atoms with van der Waals surface area (Å²) >= 11 is 0. The zero-order valence-corrected chi connectivity index (χ0v) is 12.1. The molecular weight excluding hydrogens is 272 g/mol. The Balaban J connectivity index is 1.89. The molecule has 0 radical (unpaired) electrons. The summed E-state index contributed by atoms with van der Waals surface area (Å²) in [5.41, 5.74) is 0.934. The van der Waals surface area contributed by atoms with E-state index in [1.54, 1.807) is 4.90 Å². The van der Waals surface area contributed by atoms with Gasteiger partial charge in [0.2, 0.25) is 0 Å². The van der Waals surface area contributed by atoms with Crippen molar-refractivity contribution in [2.45, 2.75) is 19.1 Å². The van der Waals surface area contributed by atoms with E-state index >= 15 is 0 Å². The fourth-order valence-corrected chi connectivity index (χ4v) is 2.20. The number of amides is 1. The number of methoxy groups -OCH3 is 1. The molecule has 1 aromatic carbocycles. The summed E-state index contributed by atoms with van der Waals surface area (Å²) in [6, 6.07) is 9.00. The number of nitrogens with zero attached hydrogens (tertiary/aromatic N) is 1. The molecule has 1 aromatic rings. The highest BCUT2D eigenvalue weighted by atomic mass is 16.6. The van der Waals surface area contributed by atoms with Crippen molar-refractivity contribution in [1.82, 2.24) is 10.2 Å². The van der Waals surface area contributed by atoms with Crippen LogP contribution in [0.5, 0.6) is 0 Å². The molecule has 1 unspecified atom stereocenters. The van der Waals surface area contributed by atoms with Gasteiger partial charge in [-0.05, 0) is 18.5 Å². The van der Waals surface area contributed by atoms with Crippen LogP contribution in [-0.2, 0) is 20.9 Å². The number of hydrogen-bond donors (Lipinski definition) is 1. The minimum Gasteiger partial charge on any atom is -0.468 e. The standard InChI is InChI=1S/C15H20N2O4/c1-20-14(18)13-10-17(9-5-8-16-13)15(19)21-11-12-6-3-2-4-7-12/h2-4,6-7,13,16H,5,8-11H2,1H3. The third kappa shape index (κ3) is 4.46. The molecule has 0 aromatic heterocycles. The smallest absolute Gasteiger partial charge is 0.410 e. The maximum Gasteiger partial charge on any atom is 0.410 e. The van der Waals surface area contributed by atoms with Gasteiger partial charge in [0, 0.05) is 6.54 Å². The van der Waals surface area contributed by atoms with E-state index in [1.165, 1.54) is 7.11 Å². The van der Waals surface area contributed by atoms with Gasteiger partial charge < -0.3 is 19.7 Å². The van der Waals surface area contributed by atoms with Crippen LogP contribution in [0.1, 0.15) is 12.0 Å². The van der Waals surface area contributed by atoms with Gasteiger partial charge in [-0.2, -0.15) is 0 Å². The van der Waals surface area contributed by atoms with Crippen LogP contribution in [0.15, 0.2) is 30.3 Å². The summed E-state index contributed by atoms with van der Waals surface area (Å²) in [5.74, 6) is -0.363. The van der Waals surface area contributed by atoms with Crippen molar-refractivity contribution < 1.29 is 19.1 Å². The zero-order chi connectivity index (χ0) is 15.1. The summed E-state index contributed by atoms with van der Waals surface area (Å²) in [4.78, 5) is 25.3. The first-order valence-corrected chi connectivity index (χ1v) is 6.97. The Morgan fingerprint density at radius 1 is 1.33 bits per heavy atom. The molecule has 114 valence electrons. The van der Waals surface area contributed by atoms with Crippen LogP contribution in [0.25, 0.3) is 0 Å². The predicted octanol–water partition coefficient (Wildman–Crippen LogP) is 1.16. The monoisotopic (exact) mass is 292 g/mol. The molecule has 1 N–H and O–H groups in total. The summed E-state index contributed by atoms with van der Waals surface area (Å²) in [6.45, 7) is 1.73. The largest absolute Gasteiger partial charge is 0.468 e. The Morgan fingerprint density at radius 2 is 2.10 bits per heavy atom. The topological polar surface area (TPSA) is 67.9 Å². The molecule has 21 heavy (non-hydrogen) atoms. The van der Waals surface area contributed by atoms with Crippen molar-refractivity contribution >= 4 is 12.1 Å². The third-order valence-electron chi connectivity index (χ3n) is 3.35. The lowest BCUT2D eigenvalue weighted by Crippen LogP contribution is -2.45. The average Bonchev–Trinajstić information content (AvgIpc) is 2.79. The number of carbonyl (C=O) groups is 2. The highest BCUT2D eigenvalue weighted by Gasteiger charge is 2.27. The summed E-state index contributed by atoms with van der Waals surface area (Å²) in [7, 11) is 1.34. The second kappa shape index (κ2) is 7.64. The SMILES string of the molecule is COC(=O)C1CN(C(=O)OCc2ccccc2)CCCN1. The van der Waals surface area contributed by atoms with E-state index in [9.17, 15) is 9.59 Å². The first-order chi connectivity index (χ1) is 10.2. The fraction of sp³-hybridized carbons (Fsp3) is 0.467. The normalized spacial score (nSPS) is 18.7. The van der Waals surface area contributed by atoms with Crippen LogP contribution in [-0.4, -0.2) is 49.7 Å². The number of rotatable bonds is 3. The Hall–Kier alpha value is -2.08. The third-order valence-corrected chi connectivity index (χ3v) is 3.35. The highest BCUT2D eigenvalue weighted by molar-refractivity contribution is 5.77. The summed E-state index contributed by atoms with van der Waals surface area (Å²) in [6.07, 6.45) is 0.366. The molecular formula is C15H20N2O4. The number of hydrogen-bond acceptors (Lipinski definition) is 5.